The smallest absolute Gasteiger partial charge is 0.228 e. The van der Waals surface area contributed by atoms with Gasteiger partial charge in [-0.25, -0.2) is 0 Å². The molecule has 2 unspecified atom stereocenters. The van der Waals surface area contributed by atoms with Crippen molar-refractivity contribution < 1.29 is 9.59 Å². The summed E-state index contributed by atoms with van der Waals surface area (Å²) in [5.74, 6) is -0.353. The van der Waals surface area contributed by atoms with Crippen LogP contribution in [0.1, 0.15) is 35.7 Å². The zero-order chi connectivity index (χ0) is 22.5. The first-order valence-corrected chi connectivity index (χ1v) is 12.5. The van der Waals surface area contributed by atoms with E-state index < -0.39 is 0 Å². The van der Waals surface area contributed by atoms with E-state index in [1.807, 2.05) is 53.6 Å². The quantitative estimate of drug-likeness (QED) is 0.622. The molecular formula is C25H34N4O2S. The van der Waals surface area contributed by atoms with Crippen molar-refractivity contribution in [2.24, 2.45) is 5.92 Å². The van der Waals surface area contributed by atoms with Crippen molar-refractivity contribution in [1.82, 2.24) is 15.1 Å². The molecule has 1 aromatic heterocycles. The summed E-state index contributed by atoms with van der Waals surface area (Å²) in [5.41, 5.74) is 2.01. The first-order chi connectivity index (χ1) is 15.5. The summed E-state index contributed by atoms with van der Waals surface area (Å²) in [6.07, 6.45) is 2.30. The van der Waals surface area contributed by atoms with Crippen molar-refractivity contribution in [2.45, 2.75) is 32.2 Å². The second-order valence-corrected chi connectivity index (χ2v) is 9.99. The van der Waals surface area contributed by atoms with Crippen LogP contribution in [0.2, 0.25) is 0 Å². The van der Waals surface area contributed by atoms with Crippen molar-refractivity contribution >= 4 is 28.8 Å². The van der Waals surface area contributed by atoms with E-state index in [0.29, 0.717) is 6.54 Å². The first kappa shape index (κ1) is 23.0. The van der Waals surface area contributed by atoms with Crippen molar-refractivity contribution in [3.05, 3.63) is 52.2 Å². The van der Waals surface area contributed by atoms with E-state index in [4.69, 9.17) is 0 Å². The van der Waals surface area contributed by atoms with Crippen molar-refractivity contribution in [1.29, 1.82) is 0 Å². The van der Waals surface area contributed by atoms with E-state index in [2.05, 4.69) is 22.2 Å². The van der Waals surface area contributed by atoms with Crippen LogP contribution < -0.4 is 10.2 Å². The minimum Gasteiger partial charge on any atom is -0.356 e. The normalized spacial score (nSPS) is 22.4. The van der Waals surface area contributed by atoms with Crippen molar-refractivity contribution in [3.63, 3.8) is 0 Å². The fourth-order valence-corrected chi connectivity index (χ4v) is 5.52. The Kier molecular flexibility index (Phi) is 7.60. The van der Waals surface area contributed by atoms with Crippen LogP contribution in [0.3, 0.4) is 0 Å². The lowest BCUT2D eigenvalue weighted by molar-refractivity contribution is -0.126. The average molecular weight is 455 g/mol. The molecule has 0 bridgehead atoms. The summed E-state index contributed by atoms with van der Waals surface area (Å²) in [4.78, 5) is 33.9. The summed E-state index contributed by atoms with van der Waals surface area (Å²) < 4.78 is 0. The Labute approximate surface area is 195 Å². The molecule has 3 heterocycles. The number of carbonyl (C=O) groups excluding carboxylic acids is 2. The highest BCUT2D eigenvalue weighted by Crippen LogP contribution is 2.43. The van der Waals surface area contributed by atoms with Crippen LogP contribution in [0.5, 0.6) is 0 Å². The standard InChI is InChI=1S/C25H34N4O2S/c1-19-7-9-20(10-8-19)29-23(30)18-21(24(29)22-6-5-17-32-22)25(31)26-11-3-4-12-28-15-13-27(2)14-16-28/h5-10,17,21,24H,3-4,11-16,18H2,1-2H3,(H,26,31). The molecule has 2 amide bonds. The number of nitrogens with zero attached hydrogens (tertiary/aromatic N) is 3. The molecule has 2 aliphatic heterocycles. The van der Waals surface area contributed by atoms with Gasteiger partial charge >= 0.3 is 0 Å². The number of aryl methyl sites for hydroxylation is 1. The number of benzene rings is 1. The number of hydrogen-bond donors (Lipinski definition) is 1. The van der Waals surface area contributed by atoms with Gasteiger partial charge in [-0.3, -0.25) is 9.59 Å². The predicted molar refractivity (Wildman–Crippen MR) is 130 cm³/mol. The molecule has 1 aromatic carbocycles. The lowest BCUT2D eigenvalue weighted by Gasteiger charge is -2.32. The van der Waals surface area contributed by atoms with Crippen LogP contribution in [-0.4, -0.2) is 67.9 Å². The van der Waals surface area contributed by atoms with Gasteiger partial charge in [-0.05, 0) is 56.9 Å². The number of unbranched alkanes of at least 4 members (excludes halogenated alkanes) is 1. The van der Waals surface area contributed by atoms with Gasteiger partial charge in [0.2, 0.25) is 11.8 Å². The molecule has 0 radical (unpaired) electrons. The van der Waals surface area contributed by atoms with Crippen LogP contribution in [0.25, 0.3) is 0 Å². The van der Waals surface area contributed by atoms with Gasteiger partial charge in [-0.15, -0.1) is 11.3 Å². The molecule has 32 heavy (non-hydrogen) atoms. The topological polar surface area (TPSA) is 55.9 Å². The minimum atomic E-state index is -0.361. The molecule has 6 nitrogen and oxygen atoms in total. The SMILES string of the molecule is Cc1ccc(N2C(=O)CC(C(=O)NCCCCN3CCN(C)CC3)C2c2cccs2)cc1. The summed E-state index contributed by atoms with van der Waals surface area (Å²) in [7, 11) is 2.17. The van der Waals surface area contributed by atoms with Gasteiger partial charge in [0.05, 0.1) is 12.0 Å². The minimum absolute atomic E-state index is 0.00837. The first-order valence-electron chi connectivity index (χ1n) is 11.6. The molecule has 7 heteroatoms. The number of carbonyl (C=O) groups is 2. The number of thiophene rings is 1. The average Bonchev–Trinajstić information content (AvgIpc) is 3.43. The molecule has 2 saturated heterocycles. The number of nitrogens with one attached hydrogen (secondary N) is 1. The van der Waals surface area contributed by atoms with Gasteiger partial charge in [-0.2, -0.15) is 0 Å². The zero-order valence-electron chi connectivity index (χ0n) is 19.1. The Morgan fingerprint density at radius 1 is 1.09 bits per heavy atom. The molecule has 0 spiro atoms. The maximum atomic E-state index is 13.1. The number of piperazine rings is 1. The lowest BCUT2D eigenvalue weighted by atomic mass is 9.97. The molecule has 2 atom stereocenters. The molecule has 0 aliphatic carbocycles. The van der Waals surface area contributed by atoms with Gasteiger partial charge in [0.15, 0.2) is 0 Å². The molecule has 1 N–H and O–H groups in total. The van der Waals surface area contributed by atoms with E-state index in [-0.39, 0.29) is 30.2 Å². The van der Waals surface area contributed by atoms with Gasteiger partial charge in [0.1, 0.15) is 0 Å². The maximum absolute atomic E-state index is 13.1. The van der Waals surface area contributed by atoms with Gasteiger partial charge in [0, 0.05) is 49.7 Å². The molecule has 2 aliphatic rings. The van der Waals surface area contributed by atoms with Crippen LogP contribution >= 0.6 is 11.3 Å². The molecule has 2 aromatic rings. The van der Waals surface area contributed by atoms with Crippen LogP contribution in [0.4, 0.5) is 5.69 Å². The fraction of sp³-hybridized carbons (Fsp3) is 0.520. The second kappa shape index (κ2) is 10.6. The number of amides is 2. The highest BCUT2D eigenvalue weighted by atomic mass is 32.1. The van der Waals surface area contributed by atoms with Gasteiger partial charge in [0.25, 0.3) is 0 Å². The molecule has 0 saturated carbocycles. The second-order valence-electron chi connectivity index (χ2n) is 9.01. The Morgan fingerprint density at radius 3 is 2.53 bits per heavy atom. The third-order valence-corrected chi connectivity index (χ3v) is 7.55. The summed E-state index contributed by atoms with van der Waals surface area (Å²) >= 11 is 1.61. The van der Waals surface area contributed by atoms with Crippen LogP contribution in [0, 0.1) is 12.8 Å². The molecular weight excluding hydrogens is 420 g/mol. The van der Waals surface area contributed by atoms with Crippen LogP contribution in [-0.2, 0) is 9.59 Å². The largest absolute Gasteiger partial charge is 0.356 e. The zero-order valence-corrected chi connectivity index (χ0v) is 19.9. The Morgan fingerprint density at radius 2 is 1.84 bits per heavy atom. The highest BCUT2D eigenvalue weighted by molar-refractivity contribution is 7.10. The predicted octanol–water partition coefficient (Wildman–Crippen LogP) is 3.29. The highest BCUT2D eigenvalue weighted by Gasteiger charge is 2.45. The van der Waals surface area contributed by atoms with Crippen molar-refractivity contribution in [3.8, 4) is 0 Å². The van der Waals surface area contributed by atoms with Gasteiger partial charge < -0.3 is 20.0 Å². The number of rotatable bonds is 8. The third kappa shape index (κ3) is 5.39. The number of likely N-dealkylation sites (N-methyl/N-ethyl adjacent to an activating group) is 1. The monoisotopic (exact) mass is 454 g/mol. The maximum Gasteiger partial charge on any atom is 0.228 e. The molecule has 4 rings (SSSR count). The molecule has 172 valence electrons. The van der Waals surface area contributed by atoms with Gasteiger partial charge in [-0.1, -0.05) is 23.8 Å². The van der Waals surface area contributed by atoms with E-state index in [9.17, 15) is 9.59 Å². The molecule has 2 fully saturated rings. The summed E-state index contributed by atoms with van der Waals surface area (Å²) in [6.45, 7) is 8.31. The van der Waals surface area contributed by atoms with E-state index >= 15 is 0 Å². The Balaban J connectivity index is 1.34. The van der Waals surface area contributed by atoms with E-state index in [1.165, 1.54) is 0 Å². The van der Waals surface area contributed by atoms with Crippen LogP contribution in [0.15, 0.2) is 41.8 Å². The fourth-order valence-electron chi connectivity index (χ4n) is 4.64. The summed E-state index contributed by atoms with van der Waals surface area (Å²) in [6, 6.07) is 11.8. The van der Waals surface area contributed by atoms with E-state index in [1.54, 1.807) is 11.3 Å². The lowest BCUT2D eigenvalue weighted by Crippen LogP contribution is -2.44. The Hall–Kier alpha value is -2.22. The van der Waals surface area contributed by atoms with E-state index in [0.717, 1.165) is 61.7 Å². The number of hydrogen-bond acceptors (Lipinski definition) is 5. The Bertz CT molecular complexity index is 891. The van der Waals surface area contributed by atoms with Crippen molar-refractivity contribution in [2.75, 3.05) is 51.2 Å². The summed E-state index contributed by atoms with van der Waals surface area (Å²) in [5, 5.41) is 5.14. The third-order valence-electron chi connectivity index (χ3n) is 6.60. The number of anilines is 1.